The number of aromatic amines is 1. The van der Waals surface area contributed by atoms with E-state index < -0.39 is 0 Å². The topological polar surface area (TPSA) is 88.5 Å². The Morgan fingerprint density at radius 3 is 2.85 bits per heavy atom. The SMILES string of the molecule is CCC(NC(c1ccccc1)C1CSc2cccc(=O)n21)c1nn[nH]n1. The number of aromatic nitrogens is 5. The summed E-state index contributed by atoms with van der Waals surface area (Å²) in [6, 6.07) is 15.6. The normalized spacial score (nSPS) is 18.4. The van der Waals surface area contributed by atoms with Crippen molar-refractivity contribution in [3.63, 3.8) is 0 Å². The van der Waals surface area contributed by atoms with Crippen LogP contribution < -0.4 is 10.9 Å². The van der Waals surface area contributed by atoms with Crippen LogP contribution in [0.4, 0.5) is 0 Å². The van der Waals surface area contributed by atoms with E-state index in [4.69, 9.17) is 0 Å². The summed E-state index contributed by atoms with van der Waals surface area (Å²) >= 11 is 1.72. The Bertz CT molecular complexity index is 911. The number of benzene rings is 1. The molecule has 7 nitrogen and oxygen atoms in total. The minimum absolute atomic E-state index is 0.0204. The van der Waals surface area contributed by atoms with Crippen LogP contribution in [0.5, 0.6) is 0 Å². The second-order valence-electron chi connectivity index (χ2n) is 6.24. The van der Waals surface area contributed by atoms with Crippen molar-refractivity contribution in [3.05, 3.63) is 70.3 Å². The Labute approximate surface area is 155 Å². The van der Waals surface area contributed by atoms with Crippen LogP contribution in [0.2, 0.25) is 0 Å². The molecule has 8 heteroatoms. The first-order chi connectivity index (χ1) is 12.8. The standard InChI is InChI=1S/C18H20N6OS/c1-2-13(18-20-22-23-21-18)19-17(12-7-4-3-5-8-12)14-11-26-16-10-6-9-15(25)24(14)16/h3-10,13-14,17,19H,2,11H2,1H3,(H,20,21,22,23). The van der Waals surface area contributed by atoms with Gasteiger partial charge in [0, 0.05) is 11.8 Å². The quantitative estimate of drug-likeness (QED) is 0.695. The van der Waals surface area contributed by atoms with Gasteiger partial charge in [-0.1, -0.05) is 48.5 Å². The van der Waals surface area contributed by atoms with Crippen LogP contribution in [0.3, 0.4) is 0 Å². The van der Waals surface area contributed by atoms with Gasteiger partial charge < -0.3 is 0 Å². The third kappa shape index (κ3) is 3.17. The zero-order valence-electron chi connectivity index (χ0n) is 14.4. The molecule has 0 bridgehead atoms. The zero-order valence-corrected chi connectivity index (χ0v) is 15.2. The van der Waals surface area contributed by atoms with Gasteiger partial charge in [0.2, 0.25) is 0 Å². The van der Waals surface area contributed by atoms with Crippen molar-refractivity contribution in [2.75, 3.05) is 5.75 Å². The first-order valence-electron chi connectivity index (χ1n) is 8.66. The zero-order chi connectivity index (χ0) is 17.9. The maximum Gasteiger partial charge on any atom is 0.251 e. The van der Waals surface area contributed by atoms with Gasteiger partial charge in [-0.15, -0.1) is 22.0 Å². The maximum atomic E-state index is 12.5. The third-order valence-electron chi connectivity index (χ3n) is 4.69. The highest BCUT2D eigenvalue weighted by atomic mass is 32.2. The van der Waals surface area contributed by atoms with Crippen LogP contribution in [0.15, 0.2) is 58.4 Å². The molecule has 3 aromatic rings. The van der Waals surface area contributed by atoms with Crippen LogP contribution in [0, 0.1) is 0 Å². The molecule has 0 aliphatic carbocycles. The van der Waals surface area contributed by atoms with Gasteiger partial charge in [0.25, 0.3) is 5.56 Å². The maximum absolute atomic E-state index is 12.5. The average molecular weight is 368 g/mol. The Hall–Kier alpha value is -2.45. The lowest BCUT2D eigenvalue weighted by Crippen LogP contribution is -2.36. The van der Waals surface area contributed by atoms with Gasteiger partial charge in [-0.25, -0.2) is 0 Å². The minimum atomic E-state index is -0.0487. The van der Waals surface area contributed by atoms with Gasteiger partial charge in [0.1, 0.15) is 0 Å². The van der Waals surface area contributed by atoms with Crippen molar-refractivity contribution in [2.24, 2.45) is 0 Å². The summed E-state index contributed by atoms with van der Waals surface area (Å²) in [6.07, 6.45) is 0.819. The summed E-state index contributed by atoms with van der Waals surface area (Å²) in [6.45, 7) is 2.08. The molecular formula is C18H20N6OS. The number of thioether (sulfide) groups is 1. The van der Waals surface area contributed by atoms with E-state index in [1.54, 1.807) is 17.8 Å². The number of H-pyrrole nitrogens is 1. The van der Waals surface area contributed by atoms with Gasteiger partial charge in [-0.3, -0.25) is 14.7 Å². The van der Waals surface area contributed by atoms with Crippen LogP contribution >= 0.6 is 11.8 Å². The molecule has 1 aliphatic heterocycles. The van der Waals surface area contributed by atoms with E-state index in [-0.39, 0.29) is 23.7 Å². The number of hydrogen-bond acceptors (Lipinski definition) is 6. The smallest absolute Gasteiger partial charge is 0.251 e. The van der Waals surface area contributed by atoms with Gasteiger partial charge in [-0.05, 0) is 18.1 Å². The van der Waals surface area contributed by atoms with E-state index in [1.165, 1.54) is 0 Å². The van der Waals surface area contributed by atoms with Crippen LogP contribution in [-0.2, 0) is 0 Å². The fourth-order valence-corrected chi connectivity index (χ4v) is 4.64. The largest absolute Gasteiger partial charge is 0.298 e. The predicted molar refractivity (Wildman–Crippen MR) is 100.0 cm³/mol. The lowest BCUT2D eigenvalue weighted by atomic mass is 9.98. The second kappa shape index (κ2) is 7.43. The second-order valence-corrected chi connectivity index (χ2v) is 7.28. The fraction of sp³-hybridized carbons (Fsp3) is 0.333. The lowest BCUT2D eigenvalue weighted by Gasteiger charge is -2.29. The number of fused-ring (bicyclic) bond motifs is 1. The molecule has 3 atom stereocenters. The number of hydrogen-bond donors (Lipinski definition) is 2. The van der Waals surface area contributed by atoms with Crippen molar-refractivity contribution in [1.82, 2.24) is 30.5 Å². The van der Waals surface area contributed by atoms with Crippen LogP contribution in [-0.4, -0.2) is 30.9 Å². The summed E-state index contributed by atoms with van der Waals surface area (Å²) in [5.41, 5.74) is 1.18. The van der Waals surface area contributed by atoms with Gasteiger partial charge in [-0.2, -0.15) is 5.21 Å². The fourth-order valence-electron chi connectivity index (χ4n) is 3.42. The van der Waals surface area contributed by atoms with Gasteiger partial charge in [0.15, 0.2) is 5.82 Å². The highest BCUT2D eigenvalue weighted by molar-refractivity contribution is 7.99. The molecule has 0 spiro atoms. The number of nitrogens with one attached hydrogen (secondary N) is 2. The van der Waals surface area contributed by atoms with E-state index in [2.05, 4.69) is 45.0 Å². The molecule has 134 valence electrons. The molecule has 0 fully saturated rings. The predicted octanol–water partition coefficient (Wildman–Crippen LogP) is 2.49. The first-order valence-corrected chi connectivity index (χ1v) is 9.65. The molecule has 0 saturated carbocycles. The highest BCUT2D eigenvalue weighted by Gasteiger charge is 2.33. The molecule has 3 heterocycles. The van der Waals surface area contributed by atoms with Crippen LogP contribution in [0.1, 0.15) is 42.9 Å². The highest BCUT2D eigenvalue weighted by Crippen LogP contribution is 2.39. The Morgan fingerprint density at radius 1 is 1.27 bits per heavy atom. The number of rotatable bonds is 6. The van der Waals surface area contributed by atoms with E-state index in [1.807, 2.05) is 34.9 Å². The Kier molecular flexibility index (Phi) is 4.85. The third-order valence-corrected chi connectivity index (χ3v) is 5.83. The monoisotopic (exact) mass is 368 g/mol. The summed E-state index contributed by atoms with van der Waals surface area (Å²) in [4.78, 5) is 12.5. The molecular weight excluding hydrogens is 348 g/mol. The van der Waals surface area contributed by atoms with Crippen molar-refractivity contribution < 1.29 is 0 Å². The molecule has 0 amide bonds. The molecule has 26 heavy (non-hydrogen) atoms. The molecule has 3 unspecified atom stereocenters. The van der Waals surface area contributed by atoms with E-state index >= 15 is 0 Å². The van der Waals surface area contributed by atoms with E-state index in [9.17, 15) is 4.79 Å². The number of nitrogens with zero attached hydrogens (tertiary/aromatic N) is 4. The van der Waals surface area contributed by atoms with Gasteiger partial charge >= 0.3 is 0 Å². The van der Waals surface area contributed by atoms with E-state index in [0.29, 0.717) is 5.82 Å². The van der Waals surface area contributed by atoms with E-state index in [0.717, 1.165) is 22.8 Å². The lowest BCUT2D eigenvalue weighted by molar-refractivity contribution is 0.324. The first kappa shape index (κ1) is 17.0. The summed E-state index contributed by atoms with van der Waals surface area (Å²) < 4.78 is 1.90. The number of tetrazole rings is 1. The summed E-state index contributed by atoms with van der Waals surface area (Å²) in [5.74, 6) is 1.48. The summed E-state index contributed by atoms with van der Waals surface area (Å²) in [7, 11) is 0. The van der Waals surface area contributed by atoms with Crippen molar-refractivity contribution in [2.45, 2.75) is 36.5 Å². The van der Waals surface area contributed by atoms with Gasteiger partial charge in [0.05, 0.1) is 23.2 Å². The van der Waals surface area contributed by atoms with Crippen molar-refractivity contribution in [1.29, 1.82) is 0 Å². The molecule has 2 aromatic heterocycles. The van der Waals surface area contributed by atoms with Crippen LogP contribution in [0.25, 0.3) is 0 Å². The summed E-state index contributed by atoms with van der Waals surface area (Å²) in [5, 5.41) is 19.2. The molecule has 2 N–H and O–H groups in total. The minimum Gasteiger partial charge on any atom is -0.298 e. The Morgan fingerprint density at radius 2 is 2.12 bits per heavy atom. The molecule has 1 aliphatic rings. The molecule has 4 rings (SSSR count). The molecule has 1 aromatic carbocycles. The van der Waals surface area contributed by atoms with Crippen molar-refractivity contribution in [3.8, 4) is 0 Å². The molecule has 0 saturated heterocycles. The molecule has 0 radical (unpaired) electrons. The average Bonchev–Trinajstić information content (AvgIpc) is 3.34. The number of pyridine rings is 1. The Balaban J connectivity index is 1.73. The van der Waals surface area contributed by atoms with Crippen molar-refractivity contribution >= 4 is 11.8 Å².